The van der Waals surface area contributed by atoms with Crippen LogP contribution in [0.25, 0.3) is 0 Å². The number of hydrogen-bond donors (Lipinski definition) is 1. The first-order chi connectivity index (χ1) is 9.71. The fourth-order valence-electron chi connectivity index (χ4n) is 3.28. The van der Waals surface area contributed by atoms with Crippen LogP contribution in [0.2, 0.25) is 0 Å². The van der Waals surface area contributed by atoms with E-state index >= 15 is 0 Å². The van der Waals surface area contributed by atoms with Gasteiger partial charge in [-0.25, -0.2) is 0 Å². The molecular formula is C17H26N2O. The number of aryl methyl sites for hydroxylation is 1. The molecule has 0 spiro atoms. The second-order valence-electron chi connectivity index (χ2n) is 5.64. The number of nitrogens with zero attached hydrogens (tertiary/aromatic N) is 1. The minimum absolute atomic E-state index is 0.153. The number of carbonyl (C=O) groups is 1. The lowest BCUT2D eigenvalue weighted by Crippen LogP contribution is -2.44. The van der Waals surface area contributed by atoms with Crippen LogP contribution >= 0.6 is 0 Å². The molecule has 0 saturated heterocycles. The van der Waals surface area contributed by atoms with E-state index in [0.29, 0.717) is 18.5 Å². The van der Waals surface area contributed by atoms with Crippen LogP contribution in [0.15, 0.2) is 24.3 Å². The molecule has 1 aromatic rings. The molecule has 1 aromatic carbocycles. The van der Waals surface area contributed by atoms with Crippen molar-refractivity contribution in [3.8, 4) is 0 Å². The summed E-state index contributed by atoms with van der Waals surface area (Å²) >= 11 is 0. The molecule has 0 aromatic heterocycles. The van der Waals surface area contributed by atoms with Crippen LogP contribution in [0.3, 0.4) is 0 Å². The van der Waals surface area contributed by atoms with Crippen LogP contribution in [0, 0.1) is 5.92 Å². The Labute approximate surface area is 122 Å². The predicted molar refractivity (Wildman–Crippen MR) is 82.7 cm³/mol. The molecule has 2 atom stereocenters. The van der Waals surface area contributed by atoms with Crippen molar-refractivity contribution in [2.45, 2.75) is 45.6 Å². The number of hydrogen-bond acceptors (Lipinski definition) is 2. The molecule has 1 fully saturated rings. The molecule has 20 heavy (non-hydrogen) atoms. The van der Waals surface area contributed by atoms with Crippen molar-refractivity contribution in [2.24, 2.45) is 11.7 Å². The lowest BCUT2D eigenvalue weighted by molar-refractivity contribution is 0.0652. The van der Waals surface area contributed by atoms with Crippen molar-refractivity contribution in [3.63, 3.8) is 0 Å². The molecule has 1 saturated carbocycles. The van der Waals surface area contributed by atoms with Gasteiger partial charge >= 0.3 is 0 Å². The Morgan fingerprint density at radius 3 is 2.50 bits per heavy atom. The first kappa shape index (κ1) is 15.0. The monoisotopic (exact) mass is 274 g/mol. The van der Waals surface area contributed by atoms with Gasteiger partial charge in [-0.05, 0) is 56.3 Å². The van der Waals surface area contributed by atoms with Gasteiger partial charge < -0.3 is 10.6 Å². The molecule has 1 amide bonds. The van der Waals surface area contributed by atoms with Gasteiger partial charge in [-0.1, -0.05) is 25.5 Å². The van der Waals surface area contributed by atoms with Crippen LogP contribution in [-0.2, 0) is 6.42 Å². The first-order valence-electron chi connectivity index (χ1n) is 7.81. The Bertz CT molecular complexity index is 441. The standard InChI is InChI=1S/C17H26N2O/c1-3-13-8-10-14(11-9-13)17(20)19(4-2)16-7-5-6-15(16)12-18/h8-11,15-16H,3-7,12,18H2,1-2H3. The Morgan fingerprint density at radius 2 is 1.95 bits per heavy atom. The van der Waals surface area contributed by atoms with Gasteiger partial charge in [-0.15, -0.1) is 0 Å². The molecule has 0 heterocycles. The average molecular weight is 274 g/mol. The molecule has 110 valence electrons. The first-order valence-corrected chi connectivity index (χ1v) is 7.81. The molecule has 0 bridgehead atoms. The summed E-state index contributed by atoms with van der Waals surface area (Å²) in [6.45, 7) is 5.63. The zero-order valence-corrected chi connectivity index (χ0v) is 12.6. The van der Waals surface area contributed by atoms with E-state index in [0.717, 1.165) is 31.4 Å². The third kappa shape index (κ3) is 3.04. The van der Waals surface area contributed by atoms with Crippen LogP contribution in [0.4, 0.5) is 0 Å². The van der Waals surface area contributed by atoms with Crippen molar-refractivity contribution in [3.05, 3.63) is 35.4 Å². The molecule has 3 nitrogen and oxygen atoms in total. The summed E-state index contributed by atoms with van der Waals surface area (Å²) in [6.07, 6.45) is 4.43. The van der Waals surface area contributed by atoms with Gasteiger partial charge in [0.15, 0.2) is 0 Å². The zero-order valence-electron chi connectivity index (χ0n) is 12.6. The molecule has 2 unspecified atom stereocenters. The maximum absolute atomic E-state index is 12.7. The normalized spacial score (nSPS) is 21.9. The molecule has 2 rings (SSSR count). The smallest absolute Gasteiger partial charge is 0.254 e. The fourth-order valence-corrected chi connectivity index (χ4v) is 3.28. The van der Waals surface area contributed by atoms with Gasteiger partial charge in [0.1, 0.15) is 0 Å². The van der Waals surface area contributed by atoms with Gasteiger partial charge in [0.25, 0.3) is 5.91 Å². The Morgan fingerprint density at radius 1 is 1.25 bits per heavy atom. The molecule has 1 aliphatic rings. The van der Waals surface area contributed by atoms with E-state index in [4.69, 9.17) is 5.73 Å². The SMILES string of the molecule is CCc1ccc(C(=O)N(CC)C2CCCC2CN)cc1. The minimum Gasteiger partial charge on any atom is -0.336 e. The molecule has 0 radical (unpaired) electrons. The molecule has 3 heteroatoms. The summed E-state index contributed by atoms with van der Waals surface area (Å²) in [4.78, 5) is 14.7. The van der Waals surface area contributed by atoms with E-state index in [-0.39, 0.29) is 5.91 Å². The lowest BCUT2D eigenvalue weighted by Gasteiger charge is -2.32. The minimum atomic E-state index is 0.153. The van der Waals surface area contributed by atoms with Crippen LogP contribution in [0.5, 0.6) is 0 Å². The van der Waals surface area contributed by atoms with Gasteiger partial charge in [-0.2, -0.15) is 0 Å². The van der Waals surface area contributed by atoms with Crippen molar-refractivity contribution in [2.75, 3.05) is 13.1 Å². The highest BCUT2D eigenvalue weighted by Crippen LogP contribution is 2.30. The van der Waals surface area contributed by atoms with Crippen LogP contribution in [0.1, 0.15) is 49.0 Å². The summed E-state index contributed by atoms with van der Waals surface area (Å²) in [5.74, 6) is 0.620. The van der Waals surface area contributed by atoms with Gasteiger partial charge in [-0.3, -0.25) is 4.79 Å². The zero-order chi connectivity index (χ0) is 14.5. The second kappa shape index (κ2) is 6.89. The summed E-state index contributed by atoms with van der Waals surface area (Å²) < 4.78 is 0. The Balaban J connectivity index is 2.15. The average Bonchev–Trinajstić information content (AvgIpc) is 2.96. The highest BCUT2D eigenvalue weighted by atomic mass is 16.2. The number of rotatable bonds is 5. The highest BCUT2D eigenvalue weighted by Gasteiger charge is 2.33. The summed E-state index contributed by atoms with van der Waals surface area (Å²) in [5.41, 5.74) is 7.92. The maximum Gasteiger partial charge on any atom is 0.254 e. The van der Waals surface area contributed by atoms with Gasteiger partial charge in [0, 0.05) is 18.2 Å². The van der Waals surface area contributed by atoms with E-state index in [1.807, 2.05) is 17.0 Å². The van der Waals surface area contributed by atoms with Crippen molar-refractivity contribution in [1.82, 2.24) is 4.90 Å². The van der Waals surface area contributed by atoms with Gasteiger partial charge in [0.05, 0.1) is 0 Å². The molecule has 0 aliphatic heterocycles. The highest BCUT2D eigenvalue weighted by molar-refractivity contribution is 5.94. The van der Waals surface area contributed by atoms with E-state index in [1.165, 1.54) is 12.0 Å². The van der Waals surface area contributed by atoms with Gasteiger partial charge in [0.2, 0.25) is 0 Å². The van der Waals surface area contributed by atoms with Crippen LogP contribution < -0.4 is 5.73 Å². The summed E-state index contributed by atoms with van der Waals surface area (Å²) in [5, 5.41) is 0. The number of benzene rings is 1. The Hall–Kier alpha value is -1.35. The lowest BCUT2D eigenvalue weighted by atomic mass is 10.0. The van der Waals surface area contributed by atoms with E-state index in [1.54, 1.807) is 0 Å². The molecule has 1 aliphatic carbocycles. The van der Waals surface area contributed by atoms with E-state index < -0.39 is 0 Å². The number of amides is 1. The second-order valence-corrected chi connectivity index (χ2v) is 5.64. The van der Waals surface area contributed by atoms with Crippen molar-refractivity contribution < 1.29 is 4.79 Å². The van der Waals surface area contributed by atoms with E-state index in [2.05, 4.69) is 26.0 Å². The summed E-state index contributed by atoms with van der Waals surface area (Å²) in [6, 6.07) is 8.34. The number of carbonyl (C=O) groups excluding carboxylic acids is 1. The predicted octanol–water partition coefficient (Wildman–Crippen LogP) is 2.84. The maximum atomic E-state index is 12.7. The summed E-state index contributed by atoms with van der Waals surface area (Å²) in [7, 11) is 0. The fraction of sp³-hybridized carbons (Fsp3) is 0.588. The van der Waals surface area contributed by atoms with E-state index in [9.17, 15) is 4.79 Å². The topological polar surface area (TPSA) is 46.3 Å². The quantitative estimate of drug-likeness (QED) is 0.897. The molecular weight excluding hydrogens is 248 g/mol. The van der Waals surface area contributed by atoms with Crippen molar-refractivity contribution in [1.29, 1.82) is 0 Å². The Kier molecular flexibility index (Phi) is 5.18. The van der Waals surface area contributed by atoms with Crippen LogP contribution in [-0.4, -0.2) is 29.9 Å². The number of nitrogens with two attached hydrogens (primary N) is 1. The van der Waals surface area contributed by atoms with Crippen molar-refractivity contribution >= 4 is 5.91 Å². The third-order valence-electron chi connectivity index (χ3n) is 4.53. The largest absolute Gasteiger partial charge is 0.336 e. The molecule has 2 N–H and O–H groups in total. The third-order valence-corrected chi connectivity index (χ3v) is 4.53.